The maximum absolute atomic E-state index is 13.3. The van der Waals surface area contributed by atoms with E-state index in [1.165, 1.54) is 12.1 Å². The third-order valence-corrected chi connectivity index (χ3v) is 4.51. The second kappa shape index (κ2) is 7.02. The lowest BCUT2D eigenvalue weighted by Gasteiger charge is -2.23. The van der Waals surface area contributed by atoms with Crippen LogP contribution in [0.25, 0.3) is 0 Å². The molecule has 2 unspecified atom stereocenters. The molecule has 1 saturated carbocycles. The first-order chi connectivity index (χ1) is 9.99. The maximum Gasteiger partial charge on any atom is 0.308 e. The summed E-state index contributed by atoms with van der Waals surface area (Å²) in [4.78, 5) is 23.6. The Morgan fingerprint density at radius 2 is 1.95 bits per heavy atom. The maximum atomic E-state index is 13.3. The number of hydrogen-bond donors (Lipinski definition) is 2. The van der Waals surface area contributed by atoms with Gasteiger partial charge in [-0.1, -0.05) is 19.3 Å². The van der Waals surface area contributed by atoms with Crippen molar-refractivity contribution in [2.75, 3.05) is 0 Å². The number of carbonyl (C=O) groups excluding carboxylic acids is 1. The van der Waals surface area contributed by atoms with Crippen molar-refractivity contribution in [1.29, 1.82) is 0 Å². The summed E-state index contributed by atoms with van der Waals surface area (Å²) in [6.45, 7) is 0. The Morgan fingerprint density at radius 3 is 2.67 bits per heavy atom. The van der Waals surface area contributed by atoms with E-state index in [4.69, 9.17) is 0 Å². The number of hydrogen-bond acceptors (Lipinski definition) is 2. The molecule has 0 heterocycles. The number of carboxylic acid groups (broad SMARTS) is 1. The van der Waals surface area contributed by atoms with Crippen molar-refractivity contribution in [2.45, 2.75) is 38.1 Å². The summed E-state index contributed by atoms with van der Waals surface area (Å²) in [5.41, 5.74) is 0.184. The molecule has 2 atom stereocenters. The molecule has 1 fully saturated rings. The van der Waals surface area contributed by atoms with E-state index in [9.17, 15) is 19.1 Å². The molecule has 0 aromatic heterocycles. The zero-order chi connectivity index (χ0) is 15.4. The van der Waals surface area contributed by atoms with Crippen LogP contribution in [-0.2, 0) is 4.79 Å². The molecule has 1 aromatic carbocycles. The minimum absolute atomic E-state index is 0.184. The van der Waals surface area contributed by atoms with E-state index in [1.54, 1.807) is 0 Å². The van der Waals surface area contributed by atoms with Crippen LogP contribution in [0.15, 0.2) is 22.7 Å². The van der Waals surface area contributed by atoms with E-state index in [1.807, 2.05) is 0 Å². The molecule has 1 amide bonds. The van der Waals surface area contributed by atoms with Crippen LogP contribution >= 0.6 is 15.9 Å². The molecular formula is C15H17BrFNO3. The molecule has 4 nitrogen and oxygen atoms in total. The molecule has 2 rings (SSSR count). The zero-order valence-electron chi connectivity index (χ0n) is 11.4. The predicted molar refractivity (Wildman–Crippen MR) is 79.6 cm³/mol. The van der Waals surface area contributed by atoms with Crippen LogP contribution in [-0.4, -0.2) is 23.0 Å². The lowest BCUT2D eigenvalue weighted by atomic mass is 9.94. The number of halogens is 2. The van der Waals surface area contributed by atoms with Gasteiger partial charge in [0.2, 0.25) is 0 Å². The van der Waals surface area contributed by atoms with Gasteiger partial charge < -0.3 is 10.4 Å². The molecule has 0 saturated heterocycles. The molecule has 1 aliphatic carbocycles. The van der Waals surface area contributed by atoms with Crippen molar-refractivity contribution < 1.29 is 19.1 Å². The average Bonchev–Trinajstić information content (AvgIpc) is 2.67. The Morgan fingerprint density at radius 1 is 1.24 bits per heavy atom. The first-order valence-electron chi connectivity index (χ1n) is 6.98. The van der Waals surface area contributed by atoms with Crippen LogP contribution in [0.5, 0.6) is 0 Å². The Hall–Kier alpha value is -1.43. The second-order valence-corrected chi connectivity index (χ2v) is 6.14. The van der Waals surface area contributed by atoms with Crippen LogP contribution in [0.3, 0.4) is 0 Å². The Labute approximate surface area is 130 Å². The van der Waals surface area contributed by atoms with Gasteiger partial charge in [-0.25, -0.2) is 4.39 Å². The van der Waals surface area contributed by atoms with Crippen LogP contribution in [0.1, 0.15) is 42.5 Å². The fraction of sp³-hybridized carbons (Fsp3) is 0.467. The molecule has 0 spiro atoms. The third-order valence-electron chi connectivity index (χ3n) is 3.82. The van der Waals surface area contributed by atoms with E-state index in [2.05, 4.69) is 21.2 Å². The van der Waals surface area contributed by atoms with Crippen LogP contribution in [0.2, 0.25) is 0 Å². The normalized spacial score (nSPS) is 22.4. The van der Waals surface area contributed by atoms with E-state index in [-0.39, 0.29) is 5.56 Å². The minimum atomic E-state index is -0.888. The number of aliphatic carboxylic acids is 1. The van der Waals surface area contributed by atoms with Gasteiger partial charge in [0, 0.05) is 10.5 Å². The van der Waals surface area contributed by atoms with Gasteiger partial charge >= 0.3 is 5.97 Å². The summed E-state index contributed by atoms with van der Waals surface area (Å²) in [5.74, 6) is -2.41. The Balaban J connectivity index is 2.16. The third kappa shape index (κ3) is 4.03. The topological polar surface area (TPSA) is 66.4 Å². The van der Waals surface area contributed by atoms with Crippen molar-refractivity contribution in [3.8, 4) is 0 Å². The summed E-state index contributed by atoms with van der Waals surface area (Å²) in [6, 6.07) is 3.46. The fourth-order valence-corrected chi connectivity index (χ4v) is 3.12. The lowest BCUT2D eigenvalue weighted by molar-refractivity contribution is -0.142. The van der Waals surface area contributed by atoms with E-state index >= 15 is 0 Å². The molecule has 1 aliphatic rings. The second-order valence-electron chi connectivity index (χ2n) is 5.29. The first kappa shape index (κ1) is 15.9. The highest BCUT2D eigenvalue weighted by atomic mass is 79.9. The summed E-state index contributed by atoms with van der Waals surface area (Å²) >= 11 is 3.21. The summed E-state index contributed by atoms with van der Waals surface area (Å²) in [5, 5.41) is 12.1. The number of benzene rings is 1. The number of amides is 1. The van der Waals surface area contributed by atoms with Gasteiger partial charge in [0.1, 0.15) is 5.82 Å². The monoisotopic (exact) mass is 357 g/mol. The van der Waals surface area contributed by atoms with Gasteiger partial charge in [-0.3, -0.25) is 9.59 Å². The van der Waals surface area contributed by atoms with Crippen LogP contribution in [0.4, 0.5) is 4.39 Å². The number of carbonyl (C=O) groups is 2. The first-order valence-corrected chi connectivity index (χ1v) is 7.77. The molecule has 0 bridgehead atoms. The summed E-state index contributed by atoms with van der Waals surface area (Å²) in [6.07, 6.45) is 3.91. The zero-order valence-corrected chi connectivity index (χ0v) is 13.0. The standard InChI is InChI=1S/C15H17BrFNO3/c16-12-7-6-9(17)8-11(12)14(19)18-13-5-3-1-2-4-10(13)15(20)21/h6-8,10,13H,1-5H2,(H,18,19)(H,20,21). The highest BCUT2D eigenvalue weighted by Crippen LogP contribution is 2.25. The molecule has 21 heavy (non-hydrogen) atoms. The largest absolute Gasteiger partial charge is 0.481 e. The number of nitrogens with one attached hydrogen (secondary N) is 1. The molecule has 114 valence electrons. The van der Waals surface area contributed by atoms with Crippen molar-refractivity contribution in [3.05, 3.63) is 34.1 Å². The van der Waals surface area contributed by atoms with Crippen molar-refractivity contribution in [2.24, 2.45) is 5.92 Å². The van der Waals surface area contributed by atoms with Crippen LogP contribution in [0, 0.1) is 11.7 Å². The summed E-state index contributed by atoms with van der Waals surface area (Å²) < 4.78 is 13.7. The highest BCUT2D eigenvalue weighted by molar-refractivity contribution is 9.10. The molecule has 0 aliphatic heterocycles. The Kier molecular flexibility index (Phi) is 5.33. The Bertz CT molecular complexity index is 550. The van der Waals surface area contributed by atoms with Gasteiger partial charge in [-0.2, -0.15) is 0 Å². The predicted octanol–water partition coefficient (Wildman–Crippen LogP) is 3.35. The molecule has 1 aromatic rings. The van der Waals surface area contributed by atoms with Gasteiger partial charge in [0.25, 0.3) is 5.91 Å². The van der Waals surface area contributed by atoms with Gasteiger partial charge in [-0.15, -0.1) is 0 Å². The molecular weight excluding hydrogens is 341 g/mol. The van der Waals surface area contributed by atoms with Gasteiger partial charge in [0.05, 0.1) is 11.5 Å². The quantitative estimate of drug-likeness (QED) is 0.815. The van der Waals surface area contributed by atoms with E-state index < -0.39 is 29.7 Å². The highest BCUT2D eigenvalue weighted by Gasteiger charge is 2.31. The molecule has 0 radical (unpaired) electrons. The van der Waals surface area contributed by atoms with Crippen molar-refractivity contribution in [3.63, 3.8) is 0 Å². The van der Waals surface area contributed by atoms with Crippen molar-refractivity contribution >= 4 is 27.8 Å². The minimum Gasteiger partial charge on any atom is -0.481 e. The molecule has 2 N–H and O–H groups in total. The van der Waals surface area contributed by atoms with Gasteiger partial charge in [0.15, 0.2) is 0 Å². The number of carboxylic acids is 1. The summed E-state index contributed by atoms with van der Waals surface area (Å²) in [7, 11) is 0. The SMILES string of the molecule is O=C(NC1CCCCCC1C(=O)O)c1cc(F)ccc1Br. The lowest BCUT2D eigenvalue weighted by Crippen LogP contribution is -2.43. The van der Waals surface area contributed by atoms with E-state index in [0.29, 0.717) is 17.3 Å². The van der Waals surface area contributed by atoms with Gasteiger partial charge in [-0.05, 0) is 47.0 Å². The number of rotatable bonds is 3. The van der Waals surface area contributed by atoms with Crippen molar-refractivity contribution in [1.82, 2.24) is 5.32 Å². The smallest absolute Gasteiger partial charge is 0.308 e. The molecule has 6 heteroatoms. The van der Waals surface area contributed by atoms with E-state index in [0.717, 1.165) is 25.3 Å². The fourth-order valence-electron chi connectivity index (χ4n) is 2.69. The average molecular weight is 358 g/mol. The van der Waals surface area contributed by atoms with Crippen LogP contribution < -0.4 is 5.32 Å².